The van der Waals surface area contributed by atoms with E-state index in [1.54, 1.807) is 18.2 Å². The molecule has 1 aromatic carbocycles. The van der Waals surface area contributed by atoms with E-state index in [-0.39, 0.29) is 11.8 Å². The maximum atomic E-state index is 12.3. The summed E-state index contributed by atoms with van der Waals surface area (Å²) in [7, 11) is 0. The summed E-state index contributed by atoms with van der Waals surface area (Å²) in [6.45, 7) is 1.00. The summed E-state index contributed by atoms with van der Waals surface area (Å²) in [5, 5.41) is 5.72. The minimum Gasteiger partial charge on any atom is -0.491 e. The maximum Gasteiger partial charge on any atom is 0.251 e. The molecule has 0 fully saturated rings. The van der Waals surface area contributed by atoms with Crippen molar-refractivity contribution in [3.63, 3.8) is 0 Å². The normalized spacial score (nSPS) is 17.2. The summed E-state index contributed by atoms with van der Waals surface area (Å²) in [5.41, 5.74) is 2.54. The molecule has 0 aromatic heterocycles. The van der Waals surface area contributed by atoms with Gasteiger partial charge in [-0.3, -0.25) is 9.59 Å². The highest BCUT2D eigenvalue weighted by atomic mass is 16.5. The molecule has 122 valence electrons. The third-order valence-corrected chi connectivity index (χ3v) is 4.22. The second-order valence-corrected chi connectivity index (χ2v) is 5.97. The summed E-state index contributed by atoms with van der Waals surface area (Å²) in [6, 6.07) is 5.14. The van der Waals surface area contributed by atoms with E-state index in [1.807, 2.05) is 0 Å². The van der Waals surface area contributed by atoms with Crippen molar-refractivity contribution in [1.82, 2.24) is 5.32 Å². The molecule has 1 aliphatic carbocycles. The molecule has 23 heavy (non-hydrogen) atoms. The molecule has 1 aliphatic heterocycles. The lowest BCUT2D eigenvalue weighted by atomic mass is 9.97. The van der Waals surface area contributed by atoms with Gasteiger partial charge in [-0.1, -0.05) is 11.6 Å². The van der Waals surface area contributed by atoms with Gasteiger partial charge in [-0.25, -0.2) is 0 Å². The first kappa shape index (κ1) is 15.6. The number of amides is 2. The summed E-state index contributed by atoms with van der Waals surface area (Å²) < 4.78 is 5.49. The van der Waals surface area contributed by atoms with Crippen LogP contribution in [0.15, 0.2) is 29.8 Å². The van der Waals surface area contributed by atoms with Crippen LogP contribution >= 0.6 is 0 Å². The van der Waals surface area contributed by atoms with Crippen molar-refractivity contribution >= 4 is 17.5 Å². The fraction of sp³-hybridized carbons (Fsp3) is 0.444. The highest BCUT2D eigenvalue weighted by Crippen LogP contribution is 2.28. The first-order chi connectivity index (χ1) is 11.2. The van der Waals surface area contributed by atoms with Crippen molar-refractivity contribution in [2.75, 3.05) is 18.5 Å². The number of allylic oxidation sites excluding steroid dienone is 1. The molecule has 0 saturated heterocycles. The molecule has 2 aliphatic rings. The molecule has 1 heterocycles. The first-order valence-corrected chi connectivity index (χ1v) is 8.25. The molecule has 0 saturated carbocycles. The van der Waals surface area contributed by atoms with Gasteiger partial charge in [0, 0.05) is 12.1 Å². The molecule has 2 amide bonds. The molecule has 0 radical (unpaired) electrons. The number of carbonyl (C=O) groups is 2. The van der Waals surface area contributed by atoms with Gasteiger partial charge in [0.05, 0.1) is 18.7 Å². The fourth-order valence-electron chi connectivity index (χ4n) is 2.93. The molecule has 0 bridgehead atoms. The van der Waals surface area contributed by atoms with Crippen LogP contribution in [0.1, 0.15) is 48.9 Å². The zero-order valence-corrected chi connectivity index (χ0v) is 13.2. The maximum absolute atomic E-state index is 12.3. The number of hydrogen-bond acceptors (Lipinski definition) is 3. The third-order valence-electron chi connectivity index (χ3n) is 4.22. The molecule has 2 N–H and O–H groups in total. The average Bonchev–Trinajstić information content (AvgIpc) is 2.75. The van der Waals surface area contributed by atoms with Gasteiger partial charge in [-0.15, -0.1) is 0 Å². The van der Waals surface area contributed by atoms with Crippen LogP contribution in [0.4, 0.5) is 5.69 Å². The van der Waals surface area contributed by atoms with E-state index in [0.717, 1.165) is 19.3 Å². The van der Waals surface area contributed by atoms with Crippen LogP contribution in [0.2, 0.25) is 0 Å². The van der Waals surface area contributed by atoms with Crippen molar-refractivity contribution in [1.29, 1.82) is 0 Å². The summed E-state index contributed by atoms with van der Waals surface area (Å²) in [6.07, 6.45) is 8.38. The SMILES string of the molecule is O=C1CCOc2ccc(C(=O)NCCC3=CCCCC3)cc2N1. The number of nitrogens with one attached hydrogen (secondary N) is 2. The second kappa shape index (κ2) is 7.31. The Hall–Kier alpha value is -2.30. The molecule has 0 spiro atoms. The van der Waals surface area contributed by atoms with E-state index in [9.17, 15) is 9.59 Å². The molecular formula is C18H22N2O3. The van der Waals surface area contributed by atoms with Crippen molar-refractivity contribution in [2.24, 2.45) is 0 Å². The van der Waals surface area contributed by atoms with E-state index >= 15 is 0 Å². The van der Waals surface area contributed by atoms with Crippen LogP contribution < -0.4 is 15.4 Å². The first-order valence-electron chi connectivity index (χ1n) is 8.25. The summed E-state index contributed by atoms with van der Waals surface area (Å²) >= 11 is 0. The van der Waals surface area contributed by atoms with Crippen LogP contribution in [0.5, 0.6) is 5.75 Å². The number of anilines is 1. The molecule has 0 unspecified atom stereocenters. The Morgan fingerprint density at radius 3 is 3.00 bits per heavy atom. The number of rotatable bonds is 4. The zero-order chi connectivity index (χ0) is 16.1. The molecule has 0 atom stereocenters. The Morgan fingerprint density at radius 1 is 1.26 bits per heavy atom. The number of hydrogen-bond donors (Lipinski definition) is 2. The predicted octanol–water partition coefficient (Wildman–Crippen LogP) is 3.03. The molecular weight excluding hydrogens is 292 g/mol. The van der Waals surface area contributed by atoms with Gasteiger partial charge in [-0.2, -0.15) is 0 Å². The minimum absolute atomic E-state index is 0.0921. The van der Waals surface area contributed by atoms with E-state index in [1.165, 1.54) is 18.4 Å². The lowest BCUT2D eigenvalue weighted by Crippen LogP contribution is -2.25. The Labute approximate surface area is 136 Å². The monoisotopic (exact) mass is 314 g/mol. The van der Waals surface area contributed by atoms with Gasteiger partial charge in [0.25, 0.3) is 5.91 Å². The predicted molar refractivity (Wildman–Crippen MR) is 88.7 cm³/mol. The summed E-state index contributed by atoms with van der Waals surface area (Å²) in [4.78, 5) is 23.8. The van der Waals surface area contributed by atoms with Crippen LogP contribution in [-0.2, 0) is 4.79 Å². The molecule has 3 rings (SSSR count). The van der Waals surface area contributed by atoms with Gasteiger partial charge >= 0.3 is 0 Å². The quantitative estimate of drug-likeness (QED) is 0.839. The van der Waals surface area contributed by atoms with Crippen LogP contribution in [0.25, 0.3) is 0 Å². The average molecular weight is 314 g/mol. The number of benzene rings is 1. The number of fused-ring (bicyclic) bond motifs is 1. The van der Waals surface area contributed by atoms with Crippen molar-refractivity contribution in [2.45, 2.75) is 38.5 Å². The Kier molecular flexibility index (Phi) is 4.95. The molecule has 5 heteroatoms. The van der Waals surface area contributed by atoms with Gasteiger partial charge in [0.1, 0.15) is 5.75 Å². The number of carbonyl (C=O) groups excluding carboxylic acids is 2. The van der Waals surface area contributed by atoms with E-state index < -0.39 is 0 Å². The van der Waals surface area contributed by atoms with Gasteiger partial charge in [0.2, 0.25) is 5.91 Å². The van der Waals surface area contributed by atoms with E-state index in [4.69, 9.17) is 4.74 Å². The van der Waals surface area contributed by atoms with Crippen LogP contribution in [-0.4, -0.2) is 25.0 Å². The fourth-order valence-corrected chi connectivity index (χ4v) is 2.93. The van der Waals surface area contributed by atoms with Crippen LogP contribution in [0.3, 0.4) is 0 Å². The van der Waals surface area contributed by atoms with Gasteiger partial charge < -0.3 is 15.4 Å². The zero-order valence-electron chi connectivity index (χ0n) is 13.2. The highest BCUT2D eigenvalue weighted by Gasteiger charge is 2.16. The van der Waals surface area contributed by atoms with Gasteiger partial charge in [-0.05, 0) is 50.3 Å². The van der Waals surface area contributed by atoms with Crippen molar-refractivity contribution in [3.05, 3.63) is 35.4 Å². The lowest BCUT2D eigenvalue weighted by molar-refractivity contribution is -0.116. The smallest absolute Gasteiger partial charge is 0.251 e. The minimum atomic E-state index is -0.122. The third kappa shape index (κ3) is 4.12. The van der Waals surface area contributed by atoms with Crippen molar-refractivity contribution in [3.8, 4) is 5.75 Å². The largest absolute Gasteiger partial charge is 0.491 e. The van der Waals surface area contributed by atoms with E-state index in [0.29, 0.717) is 36.6 Å². The van der Waals surface area contributed by atoms with Crippen LogP contribution in [0, 0.1) is 0 Å². The lowest BCUT2D eigenvalue weighted by Gasteiger charge is -2.13. The summed E-state index contributed by atoms with van der Waals surface area (Å²) in [5.74, 6) is 0.396. The Balaban J connectivity index is 1.59. The second-order valence-electron chi connectivity index (χ2n) is 5.97. The van der Waals surface area contributed by atoms with E-state index in [2.05, 4.69) is 16.7 Å². The Bertz CT molecular complexity index is 637. The number of ether oxygens (including phenoxy) is 1. The van der Waals surface area contributed by atoms with Crippen molar-refractivity contribution < 1.29 is 14.3 Å². The van der Waals surface area contributed by atoms with Gasteiger partial charge in [0.15, 0.2) is 0 Å². The molecule has 1 aromatic rings. The standard InChI is InChI=1S/C18H22N2O3/c21-17-9-11-23-16-7-6-14(12-15(16)20-17)18(22)19-10-8-13-4-2-1-3-5-13/h4,6-7,12H,1-3,5,8-11H2,(H,19,22)(H,20,21). The highest BCUT2D eigenvalue weighted by molar-refractivity contribution is 5.98. The topological polar surface area (TPSA) is 67.4 Å². The molecule has 5 nitrogen and oxygen atoms in total. The Morgan fingerprint density at radius 2 is 2.17 bits per heavy atom.